The van der Waals surface area contributed by atoms with E-state index in [9.17, 15) is 4.79 Å². The Morgan fingerprint density at radius 2 is 1.87 bits per heavy atom. The average molecular weight is 216 g/mol. The van der Waals surface area contributed by atoms with Crippen molar-refractivity contribution in [3.05, 3.63) is 0 Å². The number of amides is 1. The van der Waals surface area contributed by atoms with Crippen molar-refractivity contribution in [3.8, 4) is 0 Å². The zero-order valence-electron chi connectivity index (χ0n) is 10.4. The highest BCUT2D eigenvalue weighted by molar-refractivity contribution is 5.78. The van der Waals surface area contributed by atoms with E-state index in [0.717, 1.165) is 0 Å². The molecule has 0 aliphatic heterocycles. The Morgan fingerprint density at radius 1 is 1.33 bits per heavy atom. The number of nitrogens with one attached hydrogen (secondary N) is 2. The summed E-state index contributed by atoms with van der Waals surface area (Å²) in [6.45, 7) is 10.2. The summed E-state index contributed by atoms with van der Waals surface area (Å²) in [5, 5.41) is 14.9. The van der Waals surface area contributed by atoms with Gasteiger partial charge in [0.05, 0.1) is 19.2 Å². The zero-order chi connectivity index (χ0) is 12.1. The van der Waals surface area contributed by atoms with Gasteiger partial charge in [-0.15, -0.1) is 0 Å². The molecule has 1 atom stereocenters. The molecule has 1 unspecified atom stereocenters. The number of carbonyl (C=O) groups is 1. The molecule has 0 rings (SSSR count). The molecule has 0 aliphatic carbocycles. The van der Waals surface area contributed by atoms with E-state index in [1.807, 2.05) is 34.6 Å². The molecule has 0 aromatic carbocycles. The monoisotopic (exact) mass is 216 g/mol. The standard InChI is InChI=1S/C11H24N2O2/c1-8(2)9(7-14)13-10(15)6-12-11(3,4)5/h8-9,12,14H,6-7H2,1-5H3,(H,13,15). The topological polar surface area (TPSA) is 61.4 Å². The van der Waals surface area contributed by atoms with Gasteiger partial charge in [0.25, 0.3) is 0 Å². The van der Waals surface area contributed by atoms with Crippen molar-refractivity contribution in [2.24, 2.45) is 5.92 Å². The SMILES string of the molecule is CC(C)C(CO)NC(=O)CNC(C)(C)C. The molecule has 3 N–H and O–H groups in total. The van der Waals surface area contributed by atoms with Crippen molar-refractivity contribution in [1.82, 2.24) is 10.6 Å². The highest BCUT2D eigenvalue weighted by atomic mass is 16.3. The van der Waals surface area contributed by atoms with Gasteiger partial charge in [-0.1, -0.05) is 13.8 Å². The number of aliphatic hydroxyl groups excluding tert-OH is 1. The third-order valence-electron chi connectivity index (χ3n) is 2.13. The van der Waals surface area contributed by atoms with Crippen molar-refractivity contribution >= 4 is 5.91 Å². The van der Waals surface area contributed by atoms with Crippen molar-refractivity contribution in [2.45, 2.75) is 46.2 Å². The Kier molecular flexibility index (Phi) is 5.83. The first-order valence-electron chi connectivity index (χ1n) is 5.41. The van der Waals surface area contributed by atoms with Crippen molar-refractivity contribution < 1.29 is 9.90 Å². The van der Waals surface area contributed by atoms with Crippen LogP contribution in [0.5, 0.6) is 0 Å². The predicted molar refractivity (Wildman–Crippen MR) is 61.6 cm³/mol. The van der Waals surface area contributed by atoms with Gasteiger partial charge in [-0.3, -0.25) is 4.79 Å². The minimum Gasteiger partial charge on any atom is -0.394 e. The number of hydrogen-bond acceptors (Lipinski definition) is 3. The largest absolute Gasteiger partial charge is 0.394 e. The Bertz CT molecular complexity index is 197. The van der Waals surface area contributed by atoms with E-state index in [-0.39, 0.29) is 36.6 Å². The molecule has 0 bridgehead atoms. The zero-order valence-corrected chi connectivity index (χ0v) is 10.4. The van der Waals surface area contributed by atoms with Crippen molar-refractivity contribution in [3.63, 3.8) is 0 Å². The van der Waals surface area contributed by atoms with Crippen LogP contribution in [0.1, 0.15) is 34.6 Å². The predicted octanol–water partition coefficient (Wildman–Crippen LogP) is 0.508. The molecule has 15 heavy (non-hydrogen) atoms. The van der Waals surface area contributed by atoms with Crippen LogP contribution in [-0.4, -0.2) is 35.7 Å². The molecule has 0 aromatic heterocycles. The van der Waals surface area contributed by atoms with E-state index in [2.05, 4.69) is 10.6 Å². The Morgan fingerprint density at radius 3 is 2.20 bits per heavy atom. The van der Waals surface area contributed by atoms with Gasteiger partial charge in [-0.2, -0.15) is 0 Å². The van der Waals surface area contributed by atoms with Gasteiger partial charge in [-0.25, -0.2) is 0 Å². The molecule has 0 spiro atoms. The maximum Gasteiger partial charge on any atom is 0.234 e. The molecule has 0 saturated carbocycles. The summed E-state index contributed by atoms with van der Waals surface area (Å²) in [6.07, 6.45) is 0. The average Bonchev–Trinajstić information content (AvgIpc) is 2.09. The maximum atomic E-state index is 11.5. The smallest absolute Gasteiger partial charge is 0.234 e. The van der Waals surface area contributed by atoms with Crippen LogP contribution < -0.4 is 10.6 Å². The first kappa shape index (κ1) is 14.4. The quantitative estimate of drug-likeness (QED) is 0.627. The second-order valence-electron chi connectivity index (χ2n) is 5.20. The number of carbonyl (C=O) groups excluding carboxylic acids is 1. The van der Waals surface area contributed by atoms with Gasteiger partial charge in [0.2, 0.25) is 5.91 Å². The van der Waals surface area contributed by atoms with Crippen LogP contribution in [0.15, 0.2) is 0 Å². The Labute approximate surface area is 92.4 Å². The van der Waals surface area contributed by atoms with Crippen LogP contribution in [0.2, 0.25) is 0 Å². The molecule has 1 amide bonds. The van der Waals surface area contributed by atoms with E-state index in [0.29, 0.717) is 0 Å². The molecule has 90 valence electrons. The van der Waals surface area contributed by atoms with Gasteiger partial charge in [0.15, 0.2) is 0 Å². The molecule has 0 fully saturated rings. The summed E-state index contributed by atoms with van der Waals surface area (Å²) in [6, 6.07) is -0.153. The van der Waals surface area contributed by atoms with Crippen LogP contribution in [0, 0.1) is 5.92 Å². The number of aliphatic hydroxyl groups is 1. The third kappa shape index (κ3) is 7.33. The highest BCUT2D eigenvalue weighted by Crippen LogP contribution is 2.00. The molecule has 4 heteroatoms. The van der Waals surface area contributed by atoms with Crippen molar-refractivity contribution in [1.29, 1.82) is 0 Å². The lowest BCUT2D eigenvalue weighted by molar-refractivity contribution is -0.121. The fourth-order valence-corrected chi connectivity index (χ4v) is 1.03. The first-order valence-corrected chi connectivity index (χ1v) is 5.41. The molecule has 0 aliphatic rings. The summed E-state index contributed by atoms with van der Waals surface area (Å²) < 4.78 is 0. The first-order chi connectivity index (χ1) is 6.76. The summed E-state index contributed by atoms with van der Waals surface area (Å²) in [4.78, 5) is 11.5. The second-order valence-corrected chi connectivity index (χ2v) is 5.20. The van der Waals surface area contributed by atoms with Gasteiger partial charge < -0.3 is 15.7 Å². The Balaban J connectivity index is 3.92. The van der Waals surface area contributed by atoms with Crippen LogP contribution >= 0.6 is 0 Å². The second kappa shape index (κ2) is 6.08. The van der Waals surface area contributed by atoms with Crippen LogP contribution in [0.3, 0.4) is 0 Å². The number of hydrogen-bond donors (Lipinski definition) is 3. The lowest BCUT2D eigenvalue weighted by Gasteiger charge is -2.23. The van der Waals surface area contributed by atoms with Gasteiger partial charge in [-0.05, 0) is 26.7 Å². The fourth-order valence-electron chi connectivity index (χ4n) is 1.03. The molecular formula is C11H24N2O2. The van der Waals surface area contributed by atoms with E-state index >= 15 is 0 Å². The minimum atomic E-state index is -0.153. The lowest BCUT2D eigenvalue weighted by Crippen LogP contribution is -2.48. The summed E-state index contributed by atoms with van der Waals surface area (Å²) in [5.41, 5.74) is -0.0656. The lowest BCUT2D eigenvalue weighted by atomic mass is 10.1. The number of rotatable bonds is 5. The summed E-state index contributed by atoms with van der Waals surface area (Å²) in [7, 11) is 0. The third-order valence-corrected chi connectivity index (χ3v) is 2.13. The molecule has 0 aromatic rings. The van der Waals surface area contributed by atoms with E-state index in [1.165, 1.54) is 0 Å². The summed E-state index contributed by atoms with van der Waals surface area (Å²) >= 11 is 0. The van der Waals surface area contributed by atoms with Gasteiger partial charge in [0.1, 0.15) is 0 Å². The minimum absolute atomic E-state index is 0.0150. The molecule has 0 heterocycles. The van der Waals surface area contributed by atoms with Gasteiger partial charge >= 0.3 is 0 Å². The van der Waals surface area contributed by atoms with Crippen molar-refractivity contribution in [2.75, 3.05) is 13.2 Å². The van der Waals surface area contributed by atoms with Crippen LogP contribution in [0.25, 0.3) is 0 Å². The van der Waals surface area contributed by atoms with Gasteiger partial charge in [0, 0.05) is 5.54 Å². The van der Waals surface area contributed by atoms with E-state index < -0.39 is 0 Å². The Hall–Kier alpha value is -0.610. The normalized spacial score (nSPS) is 14.1. The highest BCUT2D eigenvalue weighted by Gasteiger charge is 2.16. The fraction of sp³-hybridized carbons (Fsp3) is 0.909. The molecular weight excluding hydrogens is 192 g/mol. The van der Waals surface area contributed by atoms with E-state index in [1.54, 1.807) is 0 Å². The maximum absolute atomic E-state index is 11.5. The summed E-state index contributed by atoms with van der Waals surface area (Å²) in [5.74, 6) is 0.172. The molecule has 4 nitrogen and oxygen atoms in total. The van der Waals surface area contributed by atoms with E-state index in [4.69, 9.17) is 5.11 Å². The molecule has 0 radical (unpaired) electrons. The van der Waals surface area contributed by atoms with Crippen LogP contribution in [-0.2, 0) is 4.79 Å². The van der Waals surface area contributed by atoms with Crippen LogP contribution in [0.4, 0.5) is 0 Å². The molecule has 0 saturated heterocycles.